The fraction of sp³-hybridized carbons (Fsp3) is 0.208. The molecule has 0 atom stereocenters. The molecule has 6 heteroatoms. The molecule has 5 rings (SSSR count). The van der Waals surface area contributed by atoms with Crippen molar-refractivity contribution in [3.05, 3.63) is 84.5 Å². The normalized spacial score (nSPS) is 14.8. The van der Waals surface area contributed by atoms with Gasteiger partial charge in [-0.1, -0.05) is 24.3 Å². The SMILES string of the molecule is Fc1ccc(-c2ccc(-n3cc(CN4CCNCC4)c(-c4ccco4)n3)cc2)cc1. The van der Waals surface area contributed by atoms with E-state index in [1.165, 1.54) is 12.1 Å². The third-order valence-corrected chi connectivity index (χ3v) is 5.46. The Hall–Kier alpha value is -3.22. The molecule has 3 heterocycles. The Kier molecular flexibility index (Phi) is 5.17. The maximum absolute atomic E-state index is 13.2. The van der Waals surface area contributed by atoms with Crippen LogP contribution in [0.5, 0.6) is 0 Å². The lowest BCUT2D eigenvalue weighted by molar-refractivity contribution is 0.233. The van der Waals surface area contributed by atoms with Crippen LogP contribution in [-0.2, 0) is 6.54 Å². The van der Waals surface area contributed by atoms with Gasteiger partial charge in [-0.15, -0.1) is 0 Å². The van der Waals surface area contributed by atoms with Gasteiger partial charge in [-0.2, -0.15) is 5.10 Å². The van der Waals surface area contributed by atoms with Gasteiger partial charge in [0.2, 0.25) is 0 Å². The summed E-state index contributed by atoms with van der Waals surface area (Å²) in [5.74, 6) is 0.552. The van der Waals surface area contributed by atoms with Crippen LogP contribution in [0.25, 0.3) is 28.3 Å². The number of halogens is 1. The van der Waals surface area contributed by atoms with Crippen LogP contribution in [0.3, 0.4) is 0 Å². The molecular formula is C24H23FN4O. The van der Waals surface area contributed by atoms with Gasteiger partial charge < -0.3 is 9.73 Å². The van der Waals surface area contributed by atoms with E-state index >= 15 is 0 Å². The largest absolute Gasteiger partial charge is 0.463 e. The van der Waals surface area contributed by atoms with Gasteiger partial charge in [0.05, 0.1) is 12.0 Å². The molecule has 2 aromatic carbocycles. The average molecular weight is 402 g/mol. The molecule has 0 unspecified atom stereocenters. The van der Waals surface area contributed by atoms with Crippen molar-refractivity contribution in [2.45, 2.75) is 6.54 Å². The number of piperazine rings is 1. The van der Waals surface area contributed by atoms with E-state index in [1.54, 1.807) is 18.4 Å². The van der Waals surface area contributed by atoms with Gasteiger partial charge in [0.15, 0.2) is 5.76 Å². The Morgan fingerprint density at radius 3 is 2.30 bits per heavy atom. The zero-order valence-corrected chi connectivity index (χ0v) is 16.6. The van der Waals surface area contributed by atoms with Crippen molar-refractivity contribution < 1.29 is 8.81 Å². The van der Waals surface area contributed by atoms with Gasteiger partial charge in [0, 0.05) is 44.5 Å². The van der Waals surface area contributed by atoms with Crippen molar-refractivity contribution in [1.82, 2.24) is 20.0 Å². The van der Waals surface area contributed by atoms with Crippen molar-refractivity contribution >= 4 is 0 Å². The lowest BCUT2D eigenvalue weighted by atomic mass is 10.1. The summed E-state index contributed by atoms with van der Waals surface area (Å²) in [6, 6.07) is 18.5. The van der Waals surface area contributed by atoms with Crippen LogP contribution in [0.4, 0.5) is 4.39 Å². The van der Waals surface area contributed by atoms with Crippen LogP contribution in [0, 0.1) is 5.82 Å². The van der Waals surface area contributed by atoms with Crippen LogP contribution >= 0.6 is 0 Å². The Balaban J connectivity index is 1.45. The Morgan fingerprint density at radius 1 is 0.933 bits per heavy atom. The standard InChI is InChI=1S/C24H23FN4O/c25-21-7-3-18(4-8-21)19-5-9-22(10-6-19)29-17-20(16-28-13-11-26-12-14-28)24(27-29)23-2-1-15-30-23/h1-10,15,17,26H,11-14,16H2. The summed E-state index contributed by atoms with van der Waals surface area (Å²) in [5.41, 5.74) is 5.02. The van der Waals surface area contributed by atoms with Gasteiger partial charge >= 0.3 is 0 Å². The first-order valence-electron chi connectivity index (χ1n) is 10.2. The number of hydrogen-bond acceptors (Lipinski definition) is 4. The molecule has 2 aromatic heterocycles. The number of aromatic nitrogens is 2. The third kappa shape index (κ3) is 3.92. The molecule has 0 spiro atoms. The minimum atomic E-state index is -0.227. The minimum Gasteiger partial charge on any atom is -0.463 e. The molecule has 1 fully saturated rings. The molecular weight excluding hydrogens is 379 g/mol. The minimum absolute atomic E-state index is 0.227. The summed E-state index contributed by atoms with van der Waals surface area (Å²) in [6.07, 6.45) is 3.77. The second-order valence-corrected chi connectivity index (χ2v) is 7.50. The van der Waals surface area contributed by atoms with Crippen molar-refractivity contribution in [3.8, 4) is 28.3 Å². The highest BCUT2D eigenvalue weighted by atomic mass is 19.1. The molecule has 0 aliphatic carbocycles. The maximum Gasteiger partial charge on any atom is 0.154 e. The summed E-state index contributed by atoms with van der Waals surface area (Å²) in [7, 11) is 0. The van der Waals surface area contributed by atoms with E-state index in [4.69, 9.17) is 9.52 Å². The van der Waals surface area contributed by atoms with Gasteiger partial charge in [-0.3, -0.25) is 4.90 Å². The first-order chi connectivity index (χ1) is 14.8. The first kappa shape index (κ1) is 18.8. The Bertz CT molecular complexity index is 1100. The number of nitrogens with one attached hydrogen (secondary N) is 1. The van der Waals surface area contributed by atoms with Gasteiger partial charge in [-0.25, -0.2) is 9.07 Å². The number of rotatable bonds is 5. The van der Waals surface area contributed by atoms with Crippen LogP contribution in [0.15, 0.2) is 77.5 Å². The van der Waals surface area contributed by atoms with Crippen LogP contribution < -0.4 is 5.32 Å². The molecule has 0 saturated carbocycles. The van der Waals surface area contributed by atoms with Crippen LogP contribution in [0.2, 0.25) is 0 Å². The van der Waals surface area contributed by atoms with E-state index in [0.717, 1.165) is 66.6 Å². The molecule has 1 aliphatic rings. The Labute approximate surface area is 174 Å². The number of nitrogens with zero attached hydrogens (tertiary/aromatic N) is 3. The van der Waals surface area contributed by atoms with E-state index in [1.807, 2.05) is 41.1 Å². The number of hydrogen-bond donors (Lipinski definition) is 1. The fourth-order valence-electron chi connectivity index (χ4n) is 3.84. The van der Waals surface area contributed by atoms with Crippen LogP contribution in [0.1, 0.15) is 5.56 Å². The van der Waals surface area contributed by atoms with Crippen molar-refractivity contribution in [3.63, 3.8) is 0 Å². The fourth-order valence-corrected chi connectivity index (χ4v) is 3.84. The number of benzene rings is 2. The van der Waals surface area contributed by atoms with E-state index in [-0.39, 0.29) is 5.82 Å². The summed E-state index contributed by atoms with van der Waals surface area (Å²) >= 11 is 0. The first-order valence-corrected chi connectivity index (χ1v) is 10.2. The molecule has 1 saturated heterocycles. The monoisotopic (exact) mass is 402 g/mol. The molecule has 152 valence electrons. The van der Waals surface area contributed by atoms with Crippen molar-refractivity contribution in [2.75, 3.05) is 26.2 Å². The zero-order valence-electron chi connectivity index (χ0n) is 16.6. The van der Waals surface area contributed by atoms with E-state index in [0.29, 0.717) is 0 Å². The molecule has 0 bridgehead atoms. The van der Waals surface area contributed by atoms with Gasteiger partial charge in [0.25, 0.3) is 0 Å². The second-order valence-electron chi connectivity index (χ2n) is 7.50. The van der Waals surface area contributed by atoms with Gasteiger partial charge in [0.1, 0.15) is 11.5 Å². The lowest BCUT2D eigenvalue weighted by Gasteiger charge is -2.26. The van der Waals surface area contributed by atoms with E-state index in [2.05, 4.69) is 16.4 Å². The molecule has 5 nitrogen and oxygen atoms in total. The summed E-state index contributed by atoms with van der Waals surface area (Å²) in [4.78, 5) is 2.43. The highest BCUT2D eigenvalue weighted by Crippen LogP contribution is 2.27. The average Bonchev–Trinajstić information content (AvgIpc) is 3.45. The molecule has 0 radical (unpaired) electrons. The topological polar surface area (TPSA) is 46.2 Å². The lowest BCUT2D eigenvalue weighted by Crippen LogP contribution is -2.42. The predicted molar refractivity (Wildman–Crippen MR) is 115 cm³/mol. The Morgan fingerprint density at radius 2 is 1.63 bits per heavy atom. The summed E-state index contributed by atoms with van der Waals surface area (Å²) in [5, 5.41) is 8.23. The molecule has 0 amide bonds. The van der Waals surface area contributed by atoms with Gasteiger partial charge in [-0.05, 0) is 47.5 Å². The molecule has 1 aliphatic heterocycles. The quantitative estimate of drug-likeness (QED) is 0.539. The zero-order chi connectivity index (χ0) is 20.3. The third-order valence-electron chi connectivity index (χ3n) is 5.46. The molecule has 30 heavy (non-hydrogen) atoms. The summed E-state index contributed by atoms with van der Waals surface area (Å²) in [6.45, 7) is 4.90. The van der Waals surface area contributed by atoms with Crippen molar-refractivity contribution in [2.24, 2.45) is 0 Å². The van der Waals surface area contributed by atoms with E-state index in [9.17, 15) is 4.39 Å². The van der Waals surface area contributed by atoms with Crippen molar-refractivity contribution in [1.29, 1.82) is 0 Å². The predicted octanol–water partition coefficient (Wildman–Crippen LogP) is 4.34. The highest BCUT2D eigenvalue weighted by molar-refractivity contribution is 5.65. The molecule has 1 N–H and O–H groups in total. The maximum atomic E-state index is 13.2. The highest BCUT2D eigenvalue weighted by Gasteiger charge is 2.18. The number of furan rings is 1. The van der Waals surface area contributed by atoms with Crippen LogP contribution in [-0.4, -0.2) is 40.9 Å². The second kappa shape index (κ2) is 8.26. The van der Waals surface area contributed by atoms with E-state index < -0.39 is 0 Å². The molecule has 4 aromatic rings. The smallest absolute Gasteiger partial charge is 0.154 e. The summed E-state index contributed by atoms with van der Waals surface area (Å²) < 4.78 is 20.7.